The van der Waals surface area contributed by atoms with Crippen LogP contribution in [0.1, 0.15) is 39.0 Å². The molecule has 0 bridgehead atoms. The van der Waals surface area contributed by atoms with Gasteiger partial charge in [-0.25, -0.2) is 4.79 Å². The van der Waals surface area contributed by atoms with Crippen LogP contribution in [0, 0.1) is 13.3 Å². The first-order valence-electron chi connectivity index (χ1n) is 7.13. The van der Waals surface area contributed by atoms with E-state index in [4.69, 9.17) is 5.11 Å². The smallest absolute Gasteiger partial charge is 0.520 e. The molecule has 0 saturated heterocycles. The number of rotatable bonds is 12. The summed E-state index contributed by atoms with van der Waals surface area (Å²) in [5.74, 6) is -0.483. The Morgan fingerprint density at radius 1 is 1.26 bits per heavy atom. The topological polar surface area (TPSA) is 105 Å². The van der Waals surface area contributed by atoms with Gasteiger partial charge in [-0.3, -0.25) is 4.79 Å². The van der Waals surface area contributed by atoms with E-state index in [-0.39, 0.29) is 108 Å². The van der Waals surface area contributed by atoms with Crippen LogP contribution in [0.25, 0.3) is 0 Å². The summed E-state index contributed by atoms with van der Waals surface area (Å²) in [6.07, 6.45) is 4.44. The molecule has 0 spiro atoms. The number of nitrogens with one attached hydrogen (secondary N) is 2. The maximum Gasteiger partial charge on any atom is 1.00 e. The van der Waals surface area contributed by atoms with E-state index in [1.54, 1.807) is 0 Å². The second-order valence-corrected chi connectivity index (χ2v) is 4.99. The van der Waals surface area contributed by atoms with E-state index >= 15 is 0 Å². The zero-order chi connectivity index (χ0) is 16.1. The fraction of sp³-hybridized carbons (Fsp3) is 0.733. The first-order valence-corrected chi connectivity index (χ1v) is 7.13. The van der Waals surface area contributed by atoms with Crippen LogP contribution in [-0.2, 0) is 19.1 Å². The summed E-state index contributed by atoms with van der Waals surface area (Å²) in [5.41, 5.74) is 0. The van der Waals surface area contributed by atoms with Gasteiger partial charge in [0.2, 0.25) is 5.91 Å². The molecule has 0 heterocycles. The van der Waals surface area contributed by atoms with Gasteiger partial charge in [-0.05, 0) is 25.2 Å². The van der Waals surface area contributed by atoms with Crippen molar-refractivity contribution in [1.82, 2.24) is 10.6 Å². The third-order valence-electron chi connectivity index (χ3n) is 3.14. The number of aliphatic hydroxyl groups is 1. The van der Waals surface area contributed by atoms with Crippen molar-refractivity contribution in [3.05, 3.63) is 7.43 Å². The minimum absolute atomic E-state index is 0. The molecule has 2 amide bonds. The molecule has 0 aromatic heterocycles. The van der Waals surface area contributed by atoms with Crippen molar-refractivity contribution in [3.63, 3.8) is 0 Å². The standard InChI is InChI=1S/C14H25N2O5.CH3.Cs/c1-11(9-17)5-3-4-8-15-13(19)7-6-12(16-10-18)14(20)21-2;;/h11-12,17H,3-9H2,1-2H3,(H,15,19)(H,16,18);1H3;/q2*-1;+1. The summed E-state index contributed by atoms with van der Waals surface area (Å²) in [6.45, 7) is 2.72. The number of unbranched alkanes of at least 4 members (excludes halogenated alkanes) is 1. The van der Waals surface area contributed by atoms with E-state index in [1.807, 2.05) is 6.92 Å². The van der Waals surface area contributed by atoms with Crippen molar-refractivity contribution in [3.8, 4) is 0 Å². The molecule has 7 nitrogen and oxygen atoms in total. The summed E-state index contributed by atoms with van der Waals surface area (Å²) in [6, 6.07) is -0.844. The van der Waals surface area contributed by atoms with Gasteiger partial charge in [0.15, 0.2) is 0 Å². The normalized spacial score (nSPS) is 12.0. The monoisotopic (exact) mass is 449 g/mol. The maximum absolute atomic E-state index is 11.6. The maximum atomic E-state index is 11.6. The Kier molecular flexibility index (Phi) is 23.0. The molecule has 8 heteroatoms. The van der Waals surface area contributed by atoms with E-state index < -0.39 is 12.0 Å². The largest absolute Gasteiger partial charge is 1.00 e. The van der Waals surface area contributed by atoms with Crippen LogP contribution >= 0.6 is 0 Å². The molecule has 0 aliphatic heterocycles. The molecule has 0 aliphatic carbocycles. The Bertz CT molecular complexity index is 329. The van der Waals surface area contributed by atoms with Gasteiger partial charge >= 0.3 is 74.9 Å². The van der Waals surface area contributed by atoms with E-state index in [2.05, 4.69) is 15.4 Å². The Morgan fingerprint density at radius 3 is 2.43 bits per heavy atom. The number of carbonyl (C=O) groups is 2. The third kappa shape index (κ3) is 15.7. The van der Waals surface area contributed by atoms with Crippen molar-refractivity contribution >= 4 is 18.3 Å². The molecule has 0 fully saturated rings. The van der Waals surface area contributed by atoms with Crippen LogP contribution < -0.4 is 79.5 Å². The number of hydrogen-bond donors (Lipinski definition) is 3. The predicted molar refractivity (Wildman–Crippen MR) is 83.4 cm³/mol. The molecule has 0 rings (SSSR count). The molecule has 0 aromatic carbocycles. The molecule has 0 aromatic rings. The molecule has 2 atom stereocenters. The van der Waals surface area contributed by atoms with E-state index in [0.717, 1.165) is 19.3 Å². The summed E-state index contributed by atoms with van der Waals surface area (Å²) < 4.78 is 4.51. The van der Waals surface area contributed by atoms with Crippen molar-refractivity contribution in [2.45, 2.75) is 45.1 Å². The van der Waals surface area contributed by atoms with E-state index in [1.165, 1.54) is 13.5 Å². The first kappa shape index (κ1) is 28.2. The van der Waals surface area contributed by atoms with Gasteiger partial charge < -0.3 is 32.7 Å². The van der Waals surface area contributed by atoms with Crippen LogP contribution in [0.5, 0.6) is 0 Å². The molecule has 2 unspecified atom stereocenters. The van der Waals surface area contributed by atoms with Crippen LogP contribution in [-0.4, -0.2) is 49.7 Å². The van der Waals surface area contributed by atoms with Crippen molar-refractivity contribution < 1.29 is 93.1 Å². The number of hydrogen-bond acceptors (Lipinski definition) is 5. The second kappa shape index (κ2) is 18.8. The molecule has 0 aliphatic rings. The van der Waals surface area contributed by atoms with Crippen molar-refractivity contribution in [1.29, 1.82) is 0 Å². The molecule has 0 radical (unpaired) electrons. The fourth-order valence-corrected chi connectivity index (χ4v) is 1.76. The third-order valence-corrected chi connectivity index (χ3v) is 3.14. The molecular formula is C15H28CsN2O5-. The zero-order valence-electron chi connectivity index (χ0n) is 14.7. The fourth-order valence-electron chi connectivity index (χ4n) is 1.76. The zero-order valence-corrected chi connectivity index (χ0v) is 21.0. The average molecular weight is 449 g/mol. The Morgan fingerprint density at radius 2 is 1.91 bits per heavy atom. The molecule has 3 N–H and O–H groups in total. The number of carbonyl (C=O) groups excluding carboxylic acids is 3. The Labute approximate surface area is 198 Å². The predicted octanol–water partition coefficient (Wildman–Crippen LogP) is -2.67. The first-order chi connectivity index (χ1) is 10.0. The van der Waals surface area contributed by atoms with Gasteiger partial charge in [-0.15, -0.1) is 0 Å². The Balaban J connectivity index is -0.00000200. The number of aliphatic hydroxyl groups excluding tert-OH is 1. The average Bonchev–Trinajstić information content (AvgIpc) is 2.49. The van der Waals surface area contributed by atoms with Gasteiger partial charge in [0.1, 0.15) is 0 Å². The van der Waals surface area contributed by atoms with Crippen LogP contribution in [0.15, 0.2) is 0 Å². The Hall–Kier alpha value is 0.422. The van der Waals surface area contributed by atoms with Crippen molar-refractivity contribution in [2.24, 2.45) is 5.92 Å². The van der Waals surface area contributed by atoms with Gasteiger partial charge in [0.05, 0.1) is 13.2 Å². The number of esters is 1. The summed E-state index contributed by atoms with van der Waals surface area (Å²) >= 11 is 0. The molecule has 23 heavy (non-hydrogen) atoms. The summed E-state index contributed by atoms with van der Waals surface area (Å²) in [5, 5.41) is 13.8. The summed E-state index contributed by atoms with van der Waals surface area (Å²) in [4.78, 5) is 33.1. The minimum atomic E-state index is -0.844. The van der Waals surface area contributed by atoms with Gasteiger partial charge in [-0.1, -0.05) is 13.3 Å². The molecule has 130 valence electrons. The SMILES string of the molecule is COC(=O)C(CCC(=O)NCCCCC(C)CO)N[C-]=O.[CH3-].[Cs+]. The van der Waals surface area contributed by atoms with Crippen LogP contribution in [0.3, 0.4) is 0 Å². The van der Waals surface area contributed by atoms with Crippen LogP contribution in [0.4, 0.5) is 0 Å². The van der Waals surface area contributed by atoms with Gasteiger partial charge in [0, 0.05) is 19.6 Å². The van der Waals surface area contributed by atoms with Crippen LogP contribution in [0.2, 0.25) is 0 Å². The summed E-state index contributed by atoms with van der Waals surface area (Å²) in [7, 11) is 1.22. The molecule has 0 saturated carbocycles. The van der Waals surface area contributed by atoms with Gasteiger partial charge in [-0.2, -0.15) is 6.41 Å². The van der Waals surface area contributed by atoms with E-state index in [0.29, 0.717) is 6.54 Å². The minimum Gasteiger partial charge on any atom is -0.520 e. The van der Waals surface area contributed by atoms with Gasteiger partial charge in [0.25, 0.3) is 0 Å². The quantitative estimate of drug-likeness (QED) is 0.131. The van der Waals surface area contributed by atoms with Crippen molar-refractivity contribution in [2.75, 3.05) is 20.3 Å². The molecular weight excluding hydrogens is 421 g/mol. The number of ether oxygens (including phenoxy) is 1. The second-order valence-electron chi connectivity index (χ2n) is 4.99. The number of methoxy groups -OCH3 is 1. The van der Waals surface area contributed by atoms with E-state index in [9.17, 15) is 14.4 Å². The number of amides is 2.